The first-order valence-corrected chi connectivity index (χ1v) is 12.6. The van der Waals surface area contributed by atoms with Crippen LogP contribution >= 0.6 is 0 Å². The van der Waals surface area contributed by atoms with Gasteiger partial charge in [-0.1, -0.05) is 57.5 Å². The van der Waals surface area contributed by atoms with E-state index in [1.807, 2.05) is 12.1 Å². The number of amides is 1. The van der Waals surface area contributed by atoms with Crippen LogP contribution in [0.5, 0.6) is 0 Å². The molecule has 5 rings (SSSR count). The highest BCUT2D eigenvalue weighted by atomic mass is 16.5. The Morgan fingerprint density at radius 3 is 2.35 bits per heavy atom. The van der Waals surface area contributed by atoms with Crippen molar-refractivity contribution in [2.24, 2.45) is 5.92 Å². The summed E-state index contributed by atoms with van der Waals surface area (Å²) in [5, 5.41) is 7.25. The largest absolute Gasteiger partial charge is 0.334 e. The average molecular weight is 458 g/mol. The van der Waals surface area contributed by atoms with Crippen LogP contribution in [0.1, 0.15) is 82.3 Å². The molecule has 5 nitrogen and oxygen atoms in total. The van der Waals surface area contributed by atoms with Gasteiger partial charge < -0.3 is 9.84 Å². The Morgan fingerprint density at radius 2 is 1.68 bits per heavy atom. The minimum absolute atomic E-state index is 0.146. The van der Waals surface area contributed by atoms with Crippen molar-refractivity contribution in [2.75, 3.05) is 5.32 Å². The number of anilines is 1. The molecule has 0 bridgehead atoms. The van der Waals surface area contributed by atoms with E-state index >= 15 is 0 Å². The van der Waals surface area contributed by atoms with Crippen LogP contribution < -0.4 is 5.32 Å². The van der Waals surface area contributed by atoms with Gasteiger partial charge in [0.2, 0.25) is 5.91 Å². The predicted molar refractivity (Wildman–Crippen MR) is 135 cm³/mol. The predicted octanol–water partition coefficient (Wildman–Crippen LogP) is 6.61. The van der Waals surface area contributed by atoms with E-state index in [1.165, 1.54) is 29.5 Å². The van der Waals surface area contributed by atoms with Gasteiger partial charge >= 0.3 is 0 Å². The quantitative estimate of drug-likeness (QED) is 0.452. The van der Waals surface area contributed by atoms with Crippen molar-refractivity contribution >= 4 is 11.6 Å². The molecular weight excluding hydrogens is 422 g/mol. The molecule has 2 aliphatic rings. The molecule has 1 saturated carbocycles. The van der Waals surface area contributed by atoms with Gasteiger partial charge in [-0.25, -0.2) is 0 Å². The van der Waals surface area contributed by atoms with E-state index in [4.69, 9.17) is 4.52 Å². The zero-order chi connectivity index (χ0) is 23.9. The van der Waals surface area contributed by atoms with Crippen molar-refractivity contribution < 1.29 is 9.32 Å². The molecule has 0 saturated heterocycles. The highest BCUT2D eigenvalue weighted by Crippen LogP contribution is 2.46. The number of benzene rings is 2. The highest BCUT2D eigenvalue weighted by Gasteiger charge is 2.37. The molecule has 5 heteroatoms. The Hall–Kier alpha value is -2.95. The lowest BCUT2D eigenvalue weighted by Gasteiger charge is -2.41. The fraction of sp³-hybridized carbons (Fsp3) is 0.483. The lowest BCUT2D eigenvalue weighted by atomic mass is 9.63. The third-order valence-corrected chi connectivity index (χ3v) is 7.90. The van der Waals surface area contributed by atoms with E-state index < -0.39 is 0 Å². The molecule has 1 N–H and O–H groups in total. The molecular formula is C29H35N3O2. The third kappa shape index (κ3) is 4.53. The van der Waals surface area contributed by atoms with Gasteiger partial charge in [0.15, 0.2) is 5.82 Å². The Balaban J connectivity index is 1.24. The SMILES string of the molecule is CC1(C)CCC(C)(C)c2cc(-c3nc(CCc4ccc(NC(=O)C5CCC5)cc4)no3)ccc21. The van der Waals surface area contributed by atoms with Crippen LogP contribution in [0, 0.1) is 5.92 Å². The number of nitrogens with one attached hydrogen (secondary N) is 1. The fourth-order valence-electron chi connectivity index (χ4n) is 5.12. The van der Waals surface area contributed by atoms with Crippen molar-refractivity contribution in [1.82, 2.24) is 10.1 Å². The lowest BCUT2D eigenvalue weighted by Crippen LogP contribution is -2.33. The van der Waals surface area contributed by atoms with E-state index in [0.29, 0.717) is 12.3 Å². The first kappa shape index (κ1) is 22.8. The first-order valence-electron chi connectivity index (χ1n) is 12.6. The van der Waals surface area contributed by atoms with Gasteiger partial charge in [-0.2, -0.15) is 4.98 Å². The summed E-state index contributed by atoms with van der Waals surface area (Å²) in [6, 6.07) is 14.7. The van der Waals surface area contributed by atoms with Gasteiger partial charge in [0.1, 0.15) is 0 Å². The van der Waals surface area contributed by atoms with Crippen LogP contribution in [0.25, 0.3) is 11.5 Å². The molecule has 2 aromatic carbocycles. The Kier molecular flexibility index (Phi) is 5.83. The van der Waals surface area contributed by atoms with Gasteiger partial charge in [0.05, 0.1) is 0 Å². The van der Waals surface area contributed by atoms with Gasteiger partial charge in [-0.15, -0.1) is 0 Å². The summed E-state index contributed by atoms with van der Waals surface area (Å²) >= 11 is 0. The summed E-state index contributed by atoms with van der Waals surface area (Å²) in [4.78, 5) is 16.8. The maximum absolute atomic E-state index is 12.1. The lowest BCUT2D eigenvalue weighted by molar-refractivity contribution is -0.122. The highest BCUT2D eigenvalue weighted by molar-refractivity contribution is 5.93. The molecule has 1 fully saturated rings. The van der Waals surface area contributed by atoms with E-state index in [-0.39, 0.29) is 22.7 Å². The van der Waals surface area contributed by atoms with E-state index in [2.05, 4.69) is 73.5 Å². The van der Waals surface area contributed by atoms with Crippen LogP contribution in [0.4, 0.5) is 5.69 Å². The van der Waals surface area contributed by atoms with Crippen molar-refractivity contribution in [3.63, 3.8) is 0 Å². The molecule has 178 valence electrons. The molecule has 0 aliphatic heterocycles. The number of aromatic nitrogens is 2. The fourth-order valence-corrected chi connectivity index (χ4v) is 5.12. The number of fused-ring (bicyclic) bond motifs is 1. The number of nitrogens with zero attached hydrogens (tertiary/aromatic N) is 2. The maximum atomic E-state index is 12.1. The van der Waals surface area contributed by atoms with Gasteiger partial charge in [-0.3, -0.25) is 4.79 Å². The minimum atomic E-state index is 0.146. The summed E-state index contributed by atoms with van der Waals surface area (Å²) in [6.45, 7) is 9.32. The smallest absolute Gasteiger partial charge is 0.257 e. The monoisotopic (exact) mass is 457 g/mol. The first-order chi connectivity index (χ1) is 16.2. The molecule has 0 unspecified atom stereocenters. The van der Waals surface area contributed by atoms with E-state index in [1.54, 1.807) is 0 Å². The second-order valence-electron chi connectivity index (χ2n) is 11.4. The van der Waals surface area contributed by atoms with Crippen molar-refractivity contribution in [2.45, 2.75) is 83.5 Å². The zero-order valence-electron chi connectivity index (χ0n) is 20.8. The maximum Gasteiger partial charge on any atom is 0.257 e. The van der Waals surface area contributed by atoms with Crippen LogP contribution in [-0.2, 0) is 28.5 Å². The van der Waals surface area contributed by atoms with Crippen LogP contribution in [0.2, 0.25) is 0 Å². The summed E-state index contributed by atoms with van der Waals surface area (Å²) in [6.07, 6.45) is 7.09. The topological polar surface area (TPSA) is 68.0 Å². The summed E-state index contributed by atoms with van der Waals surface area (Å²) in [5.41, 5.74) is 6.21. The normalized spacial score (nSPS) is 18.7. The molecule has 1 heterocycles. The molecule has 34 heavy (non-hydrogen) atoms. The Bertz CT molecular complexity index is 1190. The Labute approximate surface area is 202 Å². The number of carbonyl (C=O) groups is 1. The van der Waals surface area contributed by atoms with Crippen LogP contribution in [-0.4, -0.2) is 16.0 Å². The molecule has 0 atom stereocenters. The minimum Gasteiger partial charge on any atom is -0.334 e. The molecule has 0 spiro atoms. The standard InChI is InChI=1S/C29H35N3O2/c1-28(2)16-17-29(3,4)24-18-21(11-14-23(24)28)27-31-25(32-34-27)15-10-19-8-12-22(13-9-19)30-26(33)20-6-5-7-20/h8-9,11-14,18,20H,5-7,10,15-17H2,1-4H3,(H,30,33). The molecule has 1 aromatic heterocycles. The summed E-state index contributed by atoms with van der Waals surface area (Å²) in [5.74, 6) is 1.65. The van der Waals surface area contributed by atoms with Gasteiger partial charge in [0.25, 0.3) is 5.89 Å². The number of rotatable bonds is 6. The number of carbonyl (C=O) groups excluding carboxylic acids is 1. The van der Waals surface area contributed by atoms with E-state index in [0.717, 1.165) is 42.8 Å². The molecule has 1 amide bonds. The number of hydrogen-bond acceptors (Lipinski definition) is 4. The number of hydrogen-bond donors (Lipinski definition) is 1. The Morgan fingerprint density at radius 1 is 0.971 bits per heavy atom. The summed E-state index contributed by atoms with van der Waals surface area (Å²) < 4.78 is 5.64. The van der Waals surface area contributed by atoms with Crippen molar-refractivity contribution in [3.05, 3.63) is 65.0 Å². The molecule has 0 radical (unpaired) electrons. The van der Waals surface area contributed by atoms with Crippen LogP contribution in [0.15, 0.2) is 47.0 Å². The second kappa shape index (κ2) is 8.68. The van der Waals surface area contributed by atoms with Gasteiger partial charge in [0, 0.05) is 23.6 Å². The van der Waals surface area contributed by atoms with Crippen molar-refractivity contribution in [1.29, 1.82) is 0 Å². The van der Waals surface area contributed by atoms with Gasteiger partial charge in [-0.05, 0) is 83.9 Å². The second-order valence-corrected chi connectivity index (χ2v) is 11.4. The molecule has 3 aromatic rings. The molecule has 2 aliphatic carbocycles. The average Bonchev–Trinajstić information content (AvgIpc) is 3.24. The number of aryl methyl sites for hydroxylation is 2. The third-order valence-electron chi connectivity index (χ3n) is 7.90. The van der Waals surface area contributed by atoms with Crippen molar-refractivity contribution in [3.8, 4) is 11.5 Å². The summed E-state index contributed by atoms with van der Waals surface area (Å²) in [7, 11) is 0. The van der Waals surface area contributed by atoms with Crippen LogP contribution in [0.3, 0.4) is 0 Å². The zero-order valence-corrected chi connectivity index (χ0v) is 20.8. The van der Waals surface area contributed by atoms with E-state index in [9.17, 15) is 4.79 Å².